The molecule has 1 amide bonds. The first-order chi connectivity index (χ1) is 9.83. The van der Waals surface area contributed by atoms with Gasteiger partial charge in [-0.3, -0.25) is 4.79 Å². The molecule has 1 atom stereocenters. The van der Waals surface area contributed by atoms with Crippen molar-refractivity contribution in [3.8, 4) is 0 Å². The maximum Gasteiger partial charge on any atom is 0.251 e. The molecule has 20 heavy (non-hydrogen) atoms. The number of benzene rings is 1. The zero-order valence-electron chi connectivity index (χ0n) is 11.3. The lowest BCUT2D eigenvalue weighted by atomic mass is 10.1. The monoisotopic (exact) mass is 277 g/mol. The molecule has 0 saturated carbocycles. The number of carbonyl (C=O) groups excluding carboxylic acids is 1. The number of amides is 1. The van der Waals surface area contributed by atoms with Gasteiger partial charge in [0, 0.05) is 25.2 Å². The Balaban J connectivity index is 1.59. The summed E-state index contributed by atoms with van der Waals surface area (Å²) in [6.07, 6.45) is -0.0508. The molecule has 1 fully saturated rings. The Morgan fingerprint density at radius 2 is 2.10 bits per heavy atom. The van der Waals surface area contributed by atoms with Crippen molar-refractivity contribution < 1.29 is 14.3 Å². The molecule has 0 bridgehead atoms. The fourth-order valence-electron chi connectivity index (χ4n) is 2.34. The second-order valence-electron chi connectivity index (χ2n) is 4.89. The van der Waals surface area contributed by atoms with Crippen molar-refractivity contribution >= 4 is 17.3 Å². The van der Waals surface area contributed by atoms with Gasteiger partial charge >= 0.3 is 0 Å². The van der Waals surface area contributed by atoms with Crippen molar-refractivity contribution in [3.63, 3.8) is 0 Å². The van der Waals surface area contributed by atoms with E-state index in [-0.39, 0.29) is 12.0 Å². The molecule has 0 aliphatic carbocycles. The number of ether oxygens (including phenoxy) is 2. The summed E-state index contributed by atoms with van der Waals surface area (Å²) in [7, 11) is 0. The normalized spacial score (nSPS) is 21.3. The van der Waals surface area contributed by atoms with E-state index in [9.17, 15) is 4.79 Å². The van der Waals surface area contributed by atoms with E-state index in [1.165, 1.54) is 0 Å². The molecular formula is C14H19N3O3. The average molecular weight is 277 g/mol. The molecule has 2 aliphatic rings. The van der Waals surface area contributed by atoms with E-state index in [4.69, 9.17) is 9.47 Å². The Bertz CT molecular complexity index is 487. The van der Waals surface area contributed by atoms with Crippen LogP contribution in [0, 0.1) is 0 Å². The summed E-state index contributed by atoms with van der Waals surface area (Å²) in [4.78, 5) is 12.1. The van der Waals surface area contributed by atoms with E-state index >= 15 is 0 Å². The Morgan fingerprint density at radius 3 is 2.90 bits per heavy atom. The van der Waals surface area contributed by atoms with Crippen LogP contribution in [0.5, 0.6) is 0 Å². The fraction of sp³-hybridized carbons (Fsp3) is 0.500. The predicted molar refractivity (Wildman–Crippen MR) is 76.3 cm³/mol. The van der Waals surface area contributed by atoms with Gasteiger partial charge in [0.05, 0.1) is 37.3 Å². The number of hydrogen-bond donors (Lipinski definition) is 3. The first kappa shape index (κ1) is 13.2. The summed E-state index contributed by atoms with van der Waals surface area (Å²) in [6.45, 7) is 4.00. The number of nitrogens with one attached hydrogen (secondary N) is 3. The van der Waals surface area contributed by atoms with Crippen molar-refractivity contribution in [2.24, 2.45) is 0 Å². The van der Waals surface area contributed by atoms with Crippen LogP contribution < -0.4 is 16.0 Å². The van der Waals surface area contributed by atoms with Crippen LogP contribution in [0.4, 0.5) is 11.4 Å². The molecule has 0 radical (unpaired) electrons. The highest BCUT2D eigenvalue weighted by atomic mass is 16.6. The molecule has 3 N–H and O–H groups in total. The number of hydrogen-bond acceptors (Lipinski definition) is 5. The van der Waals surface area contributed by atoms with Crippen LogP contribution in [0.1, 0.15) is 10.4 Å². The Hall–Kier alpha value is -1.79. The van der Waals surface area contributed by atoms with Crippen LogP contribution in [0.3, 0.4) is 0 Å². The third-order valence-electron chi connectivity index (χ3n) is 3.41. The standard InChI is InChI=1S/C14H19N3O3/c18-14(17-8-11-9-19-5-6-20-11)10-1-2-12-13(7-10)16-4-3-15-12/h1-2,7,11,15-16H,3-6,8-9H2,(H,17,18). The van der Waals surface area contributed by atoms with Gasteiger partial charge in [-0.15, -0.1) is 0 Å². The van der Waals surface area contributed by atoms with Gasteiger partial charge in [0.1, 0.15) is 0 Å². The van der Waals surface area contributed by atoms with Gasteiger partial charge in [-0.25, -0.2) is 0 Å². The quantitative estimate of drug-likeness (QED) is 0.757. The van der Waals surface area contributed by atoms with Crippen LogP contribution >= 0.6 is 0 Å². The first-order valence-electron chi connectivity index (χ1n) is 6.92. The van der Waals surface area contributed by atoms with Crippen LogP contribution in [0.15, 0.2) is 18.2 Å². The smallest absolute Gasteiger partial charge is 0.251 e. The molecule has 2 aliphatic heterocycles. The van der Waals surface area contributed by atoms with Crippen LogP contribution in [-0.2, 0) is 9.47 Å². The predicted octanol–water partition coefficient (Wildman–Crippen LogP) is 0.669. The maximum absolute atomic E-state index is 12.1. The molecule has 0 spiro atoms. The molecule has 6 nitrogen and oxygen atoms in total. The second-order valence-corrected chi connectivity index (χ2v) is 4.89. The molecule has 1 aromatic rings. The van der Waals surface area contributed by atoms with E-state index in [1.54, 1.807) is 0 Å². The molecular weight excluding hydrogens is 258 g/mol. The van der Waals surface area contributed by atoms with Gasteiger partial charge in [0.15, 0.2) is 0 Å². The summed E-state index contributed by atoms with van der Waals surface area (Å²) in [5.74, 6) is -0.0886. The SMILES string of the molecule is O=C(NCC1COCCO1)c1ccc2c(c1)NCCN2. The number of fused-ring (bicyclic) bond motifs is 1. The molecule has 6 heteroatoms. The lowest BCUT2D eigenvalue weighted by molar-refractivity contribution is -0.0855. The van der Waals surface area contributed by atoms with Gasteiger partial charge < -0.3 is 25.4 Å². The van der Waals surface area contributed by atoms with Crippen LogP contribution in [0.25, 0.3) is 0 Å². The highest BCUT2D eigenvalue weighted by Gasteiger charge is 2.17. The molecule has 2 heterocycles. The topological polar surface area (TPSA) is 71.6 Å². The van der Waals surface area contributed by atoms with Crippen molar-refractivity contribution in [1.82, 2.24) is 5.32 Å². The van der Waals surface area contributed by atoms with Crippen LogP contribution in [0.2, 0.25) is 0 Å². The third-order valence-corrected chi connectivity index (χ3v) is 3.41. The summed E-state index contributed by atoms with van der Waals surface area (Å²) < 4.78 is 10.8. The minimum atomic E-state index is -0.0886. The Morgan fingerprint density at radius 1 is 1.25 bits per heavy atom. The van der Waals surface area contributed by atoms with E-state index in [1.807, 2.05) is 18.2 Å². The number of anilines is 2. The van der Waals surface area contributed by atoms with Gasteiger partial charge in [-0.05, 0) is 18.2 Å². The third kappa shape index (κ3) is 3.02. The summed E-state index contributed by atoms with van der Waals surface area (Å²) in [6, 6.07) is 5.62. The zero-order valence-corrected chi connectivity index (χ0v) is 11.3. The molecule has 1 unspecified atom stereocenters. The highest BCUT2D eigenvalue weighted by Crippen LogP contribution is 2.25. The van der Waals surface area contributed by atoms with Gasteiger partial charge in [0.2, 0.25) is 0 Å². The van der Waals surface area contributed by atoms with Crippen molar-refractivity contribution in [2.45, 2.75) is 6.10 Å². The zero-order chi connectivity index (χ0) is 13.8. The number of rotatable bonds is 3. The minimum Gasteiger partial charge on any atom is -0.382 e. The Kier molecular flexibility index (Phi) is 4.03. The van der Waals surface area contributed by atoms with Crippen molar-refractivity contribution in [1.29, 1.82) is 0 Å². The average Bonchev–Trinajstić information content (AvgIpc) is 2.53. The lowest BCUT2D eigenvalue weighted by Crippen LogP contribution is -2.39. The summed E-state index contributed by atoms with van der Waals surface area (Å²) >= 11 is 0. The largest absolute Gasteiger partial charge is 0.382 e. The van der Waals surface area contributed by atoms with E-state index < -0.39 is 0 Å². The molecule has 0 aromatic heterocycles. The molecule has 3 rings (SSSR count). The summed E-state index contributed by atoms with van der Waals surface area (Å²) in [5, 5.41) is 9.44. The van der Waals surface area contributed by atoms with Crippen molar-refractivity contribution in [3.05, 3.63) is 23.8 Å². The van der Waals surface area contributed by atoms with E-state index in [2.05, 4.69) is 16.0 Å². The minimum absolute atomic E-state index is 0.0508. The number of carbonyl (C=O) groups is 1. The molecule has 1 saturated heterocycles. The Labute approximate surface area is 117 Å². The van der Waals surface area contributed by atoms with Crippen LogP contribution in [-0.4, -0.2) is 51.5 Å². The van der Waals surface area contributed by atoms with Gasteiger partial charge in [-0.2, -0.15) is 0 Å². The van der Waals surface area contributed by atoms with Crippen molar-refractivity contribution in [2.75, 3.05) is 50.1 Å². The lowest BCUT2D eigenvalue weighted by Gasteiger charge is -2.23. The highest BCUT2D eigenvalue weighted by molar-refractivity contribution is 5.96. The second kappa shape index (κ2) is 6.11. The first-order valence-corrected chi connectivity index (χ1v) is 6.92. The maximum atomic E-state index is 12.1. The van der Waals surface area contributed by atoms with Gasteiger partial charge in [0.25, 0.3) is 5.91 Å². The van der Waals surface area contributed by atoms with E-state index in [0.717, 1.165) is 24.5 Å². The van der Waals surface area contributed by atoms with E-state index in [0.29, 0.717) is 31.9 Å². The fourth-order valence-corrected chi connectivity index (χ4v) is 2.34. The molecule has 1 aromatic carbocycles. The summed E-state index contributed by atoms with van der Waals surface area (Å²) in [5.41, 5.74) is 2.66. The van der Waals surface area contributed by atoms with Gasteiger partial charge in [-0.1, -0.05) is 0 Å². The molecule has 108 valence electrons.